The van der Waals surface area contributed by atoms with Gasteiger partial charge in [-0.15, -0.1) is 0 Å². The average molecular weight is 272 g/mol. The first-order chi connectivity index (χ1) is 9.20. The van der Waals surface area contributed by atoms with Crippen molar-refractivity contribution in [2.75, 3.05) is 0 Å². The van der Waals surface area contributed by atoms with E-state index in [1.54, 1.807) is 12.1 Å². The lowest BCUT2D eigenvalue weighted by atomic mass is 10.3. The minimum atomic E-state index is -0.484. The summed E-state index contributed by atoms with van der Waals surface area (Å²) in [5.41, 5.74) is 8.49. The normalized spacial score (nSPS) is 9.68. The summed E-state index contributed by atoms with van der Waals surface area (Å²) in [7, 11) is 0. The van der Waals surface area contributed by atoms with Crippen LogP contribution in [-0.2, 0) is 0 Å². The monoisotopic (exact) mass is 272 g/mol. The van der Waals surface area contributed by atoms with E-state index in [-0.39, 0.29) is 11.4 Å². The summed E-state index contributed by atoms with van der Waals surface area (Å²) < 4.78 is 0. The van der Waals surface area contributed by atoms with Gasteiger partial charge in [-0.1, -0.05) is 41.1 Å². The van der Waals surface area contributed by atoms with E-state index in [4.69, 9.17) is 5.53 Å². The number of hydrogen-bond donors (Lipinski definition) is 0. The molecular formula is C12H8N4O2S. The van der Waals surface area contributed by atoms with Crippen LogP contribution in [0.4, 0.5) is 11.4 Å². The van der Waals surface area contributed by atoms with Crippen molar-refractivity contribution in [3.63, 3.8) is 0 Å². The van der Waals surface area contributed by atoms with Crippen LogP contribution in [0.25, 0.3) is 10.4 Å². The van der Waals surface area contributed by atoms with Gasteiger partial charge in [0.1, 0.15) is 0 Å². The lowest BCUT2D eigenvalue weighted by molar-refractivity contribution is -0.387. The topological polar surface area (TPSA) is 91.9 Å². The van der Waals surface area contributed by atoms with Gasteiger partial charge in [-0.3, -0.25) is 10.1 Å². The molecule has 0 atom stereocenters. The minimum absolute atomic E-state index is 0.0706. The third-order valence-corrected chi connectivity index (χ3v) is 3.34. The Morgan fingerprint density at radius 2 is 1.95 bits per heavy atom. The van der Waals surface area contributed by atoms with E-state index in [9.17, 15) is 10.1 Å². The van der Waals surface area contributed by atoms with Gasteiger partial charge in [0.25, 0.3) is 5.69 Å². The highest BCUT2D eigenvalue weighted by Gasteiger charge is 2.15. The van der Waals surface area contributed by atoms with E-state index < -0.39 is 4.92 Å². The third-order valence-electron chi connectivity index (χ3n) is 2.27. The van der Waals surface area contributed by atoms with Gasteiger partial charge in [0.2, 0.25) is 0 Å². The zero-order chi connectivity index (χ0) is 13.7. The highest BCUT2D eigenvalue weighted by Crippen LogP contribution is 2.36. The molecule has 6 nitrogen and oxygen atoms in total. The van der Waals surface area contributed by atoms with Crippen LogP contribution in [0.15, 0.2) is 63.4 Å². The molecule has 0 N–H and O–H groups in total. The molecule has 2 rings (SSSR count). The van der Waals surface area contributed by atoms with Gasteiger partial charge in [-0.2, -0.15) is 0 Å². The zero-order valence-corrected chi connectivity index (χ0v) is 10.4. The molecule has 0 spiro atoms. The summed E-state index contributed by atoms with van der Waals surface area (Å²) in [6.07, 6.45) is 0. The molecule has 0 saturated carbocycles. The molecule has 0 amide bonds. The number of nitro groups is 1. The predicted octanol–water partition coefficient (Wildman–Crippen LogP) is 4.69. The van der Waals surface area contributed by atoms with Crippen LogP contribution in [0.2, 0.25) is 0 Å². The Hall–Kier alpha value is -2.50. The molecule has 0 fully saturated rings. The van der Waals surface area contributed by atoms with Gasteiger partial charge < -0.3 is 0 Å². The molecule has 94 valence electrons. The van der Waals surface area contributed by atoms with Crippen LogP contribution < -0.4 is 0 Å². The van der Waals surface area contributed by atoms with Crippen LogP contribution >= 0.6 is 11.8 Å². The SMILES string of the molecule is [N-]=[N+]=Nc1ccc(Sc2ccccc2)c([N+](=O)[O-])c1. The quantitative estimate of drug-likeness (QED) is 0.266. The summed E-state index contributed by atoms with van der Waals surface area (Å²) in [6.45, 7) is 0. The fourth-order valence-electron chi connectivity index (χ4n) is 1.46. The van der Waals surface area contributed by atoms with Crippen molar-refractivity contribution in [2.24, 2.45) is 5.11 Å². The van der Waals surface area contributed by atoms with Crippen molar-refractivity contribution >= 4 is 23.1 Å². The molecule has 0 radical (unpaired) electrons. The number of rotatable bonds is 4. The van der Waals surface area contributed by atoms with E-state index in [1.807, 2.05) is 30.3 Å². The molecule has 7 heteroatoms. The number of azide groups is 1. The second-order valence-electron chi connectivity index (χ2n) is 3.51. The van der Waals surface area contributed by atoms with Gasteiger partial charge in [0.15, 0.2) is 0 Å². The third kappa shape index (κ3) is 3.25. The summed E-state index contributed by atoms with van der Waals surface area (Å²) in [4.78, 5) is 14.6. The number of hydrogen-bond acceptors (Lipinski definition) is 4. The van der Waals surface area contributed by atoms with Gasteiger partial charge in [-0.05, 0) is 23.7 Å². The summed E-state index contributed by atoms with van der Waals surface area (Å²) >= 11 is 1.29. The highest BCUT2D eigenvalue weighted by molar-refractivity contribution is 7.99. The fraction of sp³-hybridized carbons (Fsp3) is 0. The average Bonchev–Trinajstić information content (AvgIpc) is 2.42. The van der Waals surface area contributed by atoms with Crippen molar-refractivity contribution < 1.29 is 4.92 Å². The minimum Gasteiger partial charge on any atom is -0.258 e. The lowest BCUT2D eigenvalue weighted by Gasteiger charge is -2.03. The Kier molecular flexibility index (Phi) is 4.02. The van der Waals surface area contributed by atoms with Crippen LogP contribution in [0, 0.1) is 10.1 Å². The van der Waals surface area contributed by atoms with Crippen molar-refractivity contribution in [3.8, 4) is 0 Å². The van der Waals surface area contributed by atoms with Crippen LogP contribution in [0.1, 0.15) is 0 Å². The Morgan fingerprint density at radius 3 is 2.58 bits per heavy atom. The van der Waals surface area contributed by atoms with E-state index in [0.29, 0.717) is 4.90 Å². The fourth-order valence-corrected chi connectivity index (χ4v) is 2.39. The molecule has 0 heterocycles. The first-order valence-corrected chi connectivity index (χ1v) is 6.09. The van der Waals surface area contributed by atoms with Crippen LogP contribution in [0.5, 0.6) is 0 Å². The number of nitro benzene ring substituents is 1. The highest BCUT2D eigenvalue weighted by atomic mass is 32.2. The zero-order valence-electron chi connectivity index (χ0n) is 9.63. The van der Waals surface area contributed by atoms with Gasteiger partial charge in [0.05, 0.1) is 9.82 Å². The second kappa shape index (κ2) is 5.90. The van der Waals surface area contributed by atoms with Crippen molar-refractivity contribution in [1.29, 1.82) is 0 Å². The molecule has 0 unspecified atom stereocenters. The maximum atomic E-state index is 11.0. The molecule has 0 bridgehead atoms. The van der Waals surface area contributed by atoms with E-state index in [0.717, 1.165) is 4.90 Å². The number of benzene rings is 2. The van der Waals surface area contributed by atoms with Gasteiger partial charge in [-0.25, -0.2) is 0 Å². The number of nitrogens with zero attached hydrogens (tertiary/aromatic N) is 4. The molecule has 0 saturated heterocycles. The van der Waals surface area contributed by atoms with Gasteiger partial charge in [0, 0.05) is 21.6 Å². The largest absolute Gasteiger partial charge is 0.283 e. The molecule has 2 aromatic carbocycles. The van der Waals surface area contributed by atoms with Crippen LogP contribution in [-0.4, -0.2) is 4.92 Å². The van der Waals surface area contributed by atoms with Crippen LogP contribution in [0.3, 0.4) is 0 Å². The molecule has 0 aliphatic heterocycles. The van der Waals surface area contributed by atoms with E-state index >= 15 is 0 Å². The maximum absolute atomic E-state index is 11.0. The Balaban J connectivity index is 2.40. The molecule has 2 aromatic rings. The molecule has 0 aliphatic carbocycles. The summed E-state index contributed by atoms with van der Waals surface area (Å²) in [5, 5.41) is 14.4. The summed E-state index contributed by atoms with van der Waals surface area (Å²) in [5.74, 6) is 0. The lowest BCUT2D eigenvalue weighted by Crippen LogP contribution is -1.90. The predicted molar refractivity (Wildman–Crippen MR) is 72.5 cm³/mol. The molecule has 0 aromatic heterocycles. The molecular weight excluding hydrogens is 264 g/mol. The van der Waals surface area contributed by atoms with Crippen molar-refractivity contribution in [2.45, 2.75) is 9.79 Å². The molecule has 0 aliphatic rings. The maximum Gasteiger partial charge on any atom is 0.283 e. The first-order valence-electron chi connectivity index (χ1n) is 5.27. The van der Waals surface area contributed by atoms with Crippen molar-refractivity contribution in [3.05, 3.63) is 69.1 Å². The Morgan fingerprint density at radius 1 is 1.21 bits per heavy atom. The van der Waals surface area contributed by atoms with Crippen molar-refractivity contribution in [1.82, 2.24) is 0 Å². The standard InChI is InChI=1S/C12H8N4O2S/c13-15-14-9-6-7-12(11(8-9)16(17)18)19-10-4-2-1-3-5-10/h1-8H. The Bertz CT molecular complexity index is 654. The second-order valence-corrected chi connectivity index (χ2v) is 4.63. The summed E-state index contributed by atoms with van der Waals surface area (Å²) in [6, 6.07) is 13.8. The smallest absolute Gasteiger partial charge is 0.258 e. The van der Waals surface area contributed by atoms with Gasteiger partial charge >= 0.3 is 0 Å². The van der Waals surface area contributed by atoms with E-state index in [1.165, 1.54) is 17.8 Å². The Labute approximate surface area is 112 Å². The molecule has 19 heavy (non-hydrogen) atoms. The first kappa shape index (κ1) is 12.9. The van der Waals surface area contributed by atoms with E-state index in [2.05, 4.69) is 10.0 Å².